The molecule has 0 saturated heterocycles. The number of benzene rings is 2. The fourth-order valence-electron chi connectivity index (χ4n) is 2.53. The van der Waals surface area contributed by atoms with E-state index in [0.29, 0.717) is 5.56 Å². The predicted octanol–water partition coefficient (Wildman–Crippen LogP) is 4.78. The maximum absolute atomic E-state index is 12.9. The highest BCUT2D eigenvalue weighted by Crippen LogP contribution is 2.28. The third kappa shape index (κ3) is 1.98. The molecular weight excluding hydrogens is 314 g/mol. The van der Waals surface area contributed by atoms with Gasteiger partial charge >= 0.3 is 0 Å². The van der Waals surface area contributed by atoms with Crippen LogP contribution in [0.25, 0.3) is 10.9 Å². The standard InChI is InChI=1S/C17H14BrNO/c1-10-6-5-8-13(16(10)18)17(20)15-11(2)19-14-9-4-3-7-12(14)15/h3-9,19H,1-2H3. The highest BCUT2D eigenvalue weighted by Gasteiger charge is 2.19. The summed E-state index contributed by atoms with van der Waals surface area (Å²) in [4.78, 5) is 16.1. The van der Waals surface area contributed by atoms with Crippen LogP contribution >= 0.6 is 15.9 Å². The lowest BCUT2D eigenvalue weighted by molar-refractivity contribution is 0.103. The Morgan fingerprint density at radius 3 is 2.60 bits per heavy atom. The van der Waals surface area contributed by atoms with Crippen LogP contribution in [0.1, 0.15) is 27.2 Å². The summed E-state index contributed by atoms with van der Waals surface area (Å²) in [6.07, 6.45) is 0. The molecule has 100 valence electrons. The second kappa shape index (κ2) is 4.91. The molecule has 1 heterocycles. The van der Waals surface area contributed by atoms with E-state index < -0.39 is 0 Å². The summed E-state index contributed by atoms with van der Waals surface area (Å²) < 4.78 is 0.870. The second-order valence-electron chi connectivity index (χ2n) is 4.94. The molecule has 1 aromatic heterocycles. The normalized spacial score (nSPS) is 10.9. The molecule has 0 saturated carbocycles. The average Bonchev–Trinajstić information content (AvgIpc) is 2.77. The number of hydrogen-bond donors (Lipinski definition) is 1. The lowest BCUT2D eigenvalue weighted by Crippen LogP contribution is -2.04. The Morgan fingerprint density at radius 1 is 1.05 bits per heavy atom. The van der Waals surface area contributed by atoms with Crippen molar-refractivity contribution < 1.29 is 4.79 Å². The molecular formula is C17H14BrNO. The van der Waals surface area contributed by atoms with Crippen molar-refractivity contribution in [3.63, 3.8) is 0 Å². The summed E-state index contributed by atoms with van der Waals surface area (Å²) >= 11 is 3.52. The Kier molecular flexibility index (Phi) is 3.22. The topological polar surface area (TPSA) is 32.9 Å². The summed E-state index contributed by atoms with van der Waals surface area (Å²) in [5, 5.41) is 0.975. The van der Waals surface area contributed by atoms with Crippen molar-refractivity contribution in [2.45, 2.75) is 13.8 Å². The van der Waals surface area contributed by atoms with Gasteiger partial charge in [-0.1, -0.05) is 30.3 Å². The fourth-order valence-corrected chi connectivity index (χ4v) is 2.97. The van der Waals surface area contributed by atoms with Crippen LogP contribution in [0.15, 0.2) is 46.9 Å². The highest BCUT2D eigenvalue weighted by atomic mass is 79.9. The van der Waals surface area contributed by atoms with Crippen LogP contribution in [-0.4, -0.2) is 10.8 Å². The van der Waals surface area contributed by atoms with Crippen LogP contribution < -0.4 is 0 Å². The van der Waals surface area contributed by atoms with Crippen molar-refractivity contribution >= 4 is 32.6 Å². The van der Waals surface area contributed by atoms with Crippen LogP contribution in [0.3, 0.4) is 0 Å². The molecule has 0 fully saturated rings. The lowest BCUT2D eigenvalue weighted by atomic mass is 9.99. The Hall–Kier alpha value is -1.87. The monoisotopic (exact) mass is 327 g/mol. The van der Waals surface area contributed by atoms with E-state index in [-0.39, 0.29) is 5.78 Å². The molecule has 0 aliphatic rings. The maximum atomic E-state index is 12.9. The van der Waals surface area contributed by atoms with E-state index in [4.69, 9.17) is 0 Å². The SMILES string of the molecule is Cc1cccc(C(=O)c2c(C)[nH]c3ccccc23)c1Br. The van der Waals surface area contributed by atoms with Crippen LogP contribution in [0.5, 0.6) is 0 Å². The number of aromatic amines is 1. The van der Waals surface area contributed by atoms with Gasteiger partial charge in [-0.2, -0.15) is 0 Å². The van der Waals surface area contributed by atoms with Crippen molar-refractivity contribution in [1.82, 2.24) is 4.98 Å². The average molecular weight is 328 g/mol. The summed E-state index contributed by atoms with van der Waals surface area (Å²) in [5.41, 5.74) is 4.43. The lowest BCUT2D eigenvalue weighted by Gasteiger charge is -2.06. The number of carbonyl (C=O) groups is 1. The fraction of sp³-hybridized carbons (Fsp3) is 0.118. The molecule has 0 unspecified atom stereocenters. The van der Waals surface area contributed by atoms with Crippen molar-refractivity contribution in [3.8, 4) is 0 Å². The van der Waals surface area contributed by atoms with Gasteiger partial charge in [0.05, 0.1) is 5.56 Å². The highest BCUT2D eigenvalue weighted by molar-refractivity contribution is 9.10. The molecule has 0 bridgehead atoms. The number of ketones is 1. The number of aryl methyl sites for hydroxylation is 2. The first-order valence-corrected chi connectivity index (χ1v) is 7.26. The molecule has 20 heavy (non-hydrogen) atoms. The van der Waals surface area contributed by atoms with Gasteiger partial charge in [0.2, 0.25) is 0 Å². The van der Waals surface area contributed by atoms with E-state index in [1.54, 1.807) is 0 Å². The Morgan fingerprint density at radius 2 is 1.80 bits per heavy atom. The third-order valence-corrected chi connectivity index (χ3v) is 4.61. The molecule has 0 amide bonds. The smallest absolute Gasteiger partial charge is 0.196 e. The van der Waals surface area contributed by atoms with Crippen molar-refractivity contribution in [2.75, 3.05) is 0 Å². The largest absolute Gasteiger partial charge is 0.358 e. The van der Waals surface area contributed by atoms with E-state index in [1.807, 2.05) is 56.3 Å². The van der Waals surface area contributed by atoms with Crippen molar-refractivity contribution in [2.24, 2.45) is 0 Å². The van der Waals surface area contributed by atoms with Crippen molar-refractivity contribution in [3.05, 3.63) is 69.3 Å². The maximum Gasteiger partial charge on any atom is 0.196 e. The molecule has 3 aromatic rings. The van der Waals surface area contributed by atoms with Crippen molar-refractivity contribution in [1.29, 1.82) is 0 Å². The van der Waals surface area contributed by atoms with E-state index in [1.165, 1.54) is 0 Å². The van der Waals surface area contributed by atoms with Crippen LogP contribution in [-0.2, 0) is 0 Å². The number of halogens is 1. The zero-order valence-corrected chi connectivity index (χ0v) is 12.9. The first-order chi connectivity index (χ1) is 9.59. The molecule has 2 aromatic carbocycles. The molecule has 0 aliphatic heterocycles. The van der Waals surface area contributed by atoms with E-state index in [9.17, 15) is 4.79 Å². The number of aromatic nitrogens is 1. The van der Waals surface area contributed by atoms with E-state index >= 15 is 0 Å². The van der Waals surface area contributed by atoms with Gasteiger partial charge in [0.15, 0.2) is 5.78 Å². The molecule has 1 N–H and O–H groups in total. The second-order valence-corrected chi connectivity index (χ2v) is 5.73. The van der Waals surface area contributed by atoms with Gasteiger partial charge in [0, 0.05) is 26.6 Å². The van der Waals surface area contributed by atoms with Gasteiger partial charge in [0.1, 0.15) is 0 Å². The Bertz CT molecular complexity index is 817. The van der Waals surface area contributed by atoms with Gasteiger partial charge in [-0.25, -0.2) is 0 Å². The first-order valence-electron chi connectivity index (χ1n) is 6.46. The molecule has 3 rings (SSSR count). The van der Waals surface area contributed by atoms with Crippen LogP contribution in [0, 0.1) is 13.8 Å². The number of rotatable bonds is 2. The quantitative estimate of drug-likeness (QED) is 0.675. The van der Waals surface area contributed by atoms with Gasteiger partial charge in [-0.15, -0.1) is 0 Å². The van der Waals surface area contributed by atoms with Gasteiger partial charge < -0.3 is 4.98 Å². The summed E-state index contributed by atoms with van der Waals surface area (Å²) in [6, 6.07) is 13.7. The molecule has 0 atom stereocenters. The summed E-state index contributed by atoms with van der Waals surface area (Å²) in [7, 11) is 0. The number of fused-ring (bicyclic) bond motifs is 1. The number of para-hydroxylation sites is 1. The Labute approximate surface area is 126 Å². The zero-order chi connectivity index (χ0) is 14.3. The minimum atomic E-state index is 0.0514. The number of nitrogens with one attached hydrogen (secondary N) is 1. The van der Waals surface area contributed by atoms with Gasteiger partial charge in [-0.3, -0.25) is 4.79 Å². The van der Waals surface area contributed by atoms with E-state index in [2.05, 4.69) is 20.9 Å². The molecule has 2 nitrogen and oxygen atoms in total. The van der Waals surface area contributed by atoms with Gasteiger partial charge in [0.25, 0.3) is 0 Å². The van der Waals surface area contributed by atoms with E-state index in [0.717, 1.165) is 32.2 Å². The molecule has 0 spiro atoms. The zero-order valence-electron chi connectivity index (χ0n) is 11.3. The minimum absolute atomic E-state index is 0.0514. The van der Waals surface area contributed by atoms with Gasteiger partial charge in [-0.05, 0) is 47.5 Å². The van der Waals surface area contributed by atoms with Crippen LogP contribution in [0.4, 0.5) is 0 Å². The summed E-state index contributed by atoms with van der Waals surface area (Å²) in [6.45, 7) is 3.93. The molecule has 0 radical (unpaired) electrons. The number of carbonyl (C=O) groups excluding carboxylic acids is 1. The first kappa shape index (κ1) is 13.1. The number of H-pyrrole nitrogens is 1. The Balaban J connectivity index is 2.23. The minimum Gasteiger partial charge on any atom is -0.358 e. The molecule has 0 aliphatic carbocycles. The third-order valence-electron chi connectivity index (χ3n) is 3.56. The summed E-state index contributed by atoms with van der Waals surface area (Å²) in [5.74, 6) is 0.0514. The predicted molar refractivity (Wildman–Crippen MR) is 85.3 cm³/mol. The molecule has 3 heteroatoms. The van der Waals surface area contributed by atoms with Crippen LogP contribution in [0.2, 0.25) is 0 Å². The number of hydrogen-bond acceptors (Lipinski definition) is 1.